The predicted octanol–water partition coefficient (Wildman–Crippen LogP) is 2.12. The lowest BCUT2D eigenvalue weighted by atomic mass is 9.96. The van der Waals surface area contributed by atoms with Crippen molar-refractivity contribution in [3.63, 3.8) is 0 Å². The number of hydrogen-bond donors (Lipinski definition) is 2. The van der Waals surface area contributed by atoms with Crippen LogP contribution in [0.5, 0.6) is 0 Å². The van der Waals surface area contributed by atoms with E-state index in [-0.39, 0.29) is 0 Å². The molecule has 0 aliphatic carbocycles. The number of rotatable bonds is 2. The van der Waals surface area contributed by atoms with Crippen molar-refractivity contribution in [2.45, 2.75) is 19.0 Å². The largest absolute Gasteiger partial charge is 0.329 e. The van der Waals surface area contributed by atoms with Gasteiger partial charge in [-0.15, -0.1) is 0 Å². The monoisotopic (exact) mass is 295 g/mol. The lowest BCUT2D eigenvalue weighted by Crippen LogP contribution is -2.62. The van der Waals surface area contributed by atoms with E-state index >= 15 is 0 Å². The van der Waals surface area contributed by atoms with Gasteiger partial charge < -0.3 is 11.1 Å². The second kappa shape index (κ2) is 5.61. The number of anilines is 1. The molecule has 3 N–H and O–H groups in total. The Bertz CT molecular complexity index is 715. The number of carbonyl (C=O) groups is 2. The highest BCUT2D eigenvalue weighted by molar-refractivity contribution is 6.18. The minimum atomic E-state index is -0.820. The zero-order valence-corrected chi connectivity index (χ0v) is 12.2. The number of nitrogens with one attached hydrogen (secondary N) is 1. The smallest absolute Gasteiger partial charge is 0.328 e. The molecule has 2 aromatic rings. The second-order valence-electron chi connectivity index (χ2n) is 5.32. The van der Waals surface area contributed by atoms with Crippen LogP contribution in [0.2, 0.25) is 0 Å². The lowest BCUT2D eigenvalue weighted by molar-refractivity contribution is -0.120. The van der Waals surface area contributed by atoms with Crippen molar-refractivity contribution in [2.75, 3.05) is 4.90 Å². The molecule has 1 fully saturated rings. The van der Waals surface area contributed by atoms with Gasteiger partial charge in [-0.3, -0.25) is 4.79 Å². The fraction of sp³-hybridized carbons (Fsp3) is 0.176. The van der Waals surface area contributed by atoms with Gasteiger partial charge in [0.15, 0.2) is 0 Å². The van der Waals surface area contributed by atoms with Crippen LogP contribution in [0, 0.1) is 6.92 Å². The van der Waals surface area contributed by atoms with E-state index in [0.29, 0.717) is 5.69 Å². The molecule has 1 heterocycles. The van der Waals surface area contributed by atoms with Crippen molar-refractivity contribution in [1.82, 2.24) is 5.32 Å². The van der Waals surface area contributed by atoms with E-state index in [2.05, 4.69) is 5.32 Å². The van der Waals surface area contributed by atoms with Crippen molar-refractivity contribution in [1.29, 1.82) is 0 Å². The first-order valence-electron chi connectivity index (χ1n) is 7.10. The van der Waals surface area contributed by atoms with Gasteiger partial charge >= 0.3 is 6.03 Å². The van der Waals surface area contributed by atoms with E-state index in [0.717, 1.165) is 16.0 Å². The SMILES string of the molecule is Cc1ccccc1N1C(=O)N[C@H](c2ccccc2)[C@@H](N)C1=O. The van der Waals surface area contributed by atoms with Gasteiger partial charge in [0.25, 0.3) is 5.91 Å². The van der Waals surface area contributed by atoms with Crippen LogP contribution >= 0.6 is 0 Å². The molecule has 5 heteroatoms. The van der Waals surface area contributed by atoms with Gasteiger partial charge in [0.2, 0.25) is 0 Å². The molecular weight excluding hydrogens is 278 g/mol. The first-order valence-corrected chi connectivity index (χ1v) is 7.10. The Hall–Kier alpha value is -2.66. The normalized spacial score (nSPS) is 21.6. The van der Waals surface area contributed by atoms with Crippen molar-refractivity contribution in [3.05, 3.63) is 65.7 Å². The summed E-state index contributed by atoms with van der Waals surface area (Å²) in [6.07, 6.45) is 0. The molecule has 0 unspecified atom stereocenters. The molecule has 112 valence electrons. The van der Waals surface area contributed by atoms with E-state index in [4.69, 9.17) is 5.73 Å². The van der Waals surface area contributed by atoms with Crippen LogP contribution in [0.3, 0.4) is 0 Å². The number of hydrogen-bond acceptors (Lipinski definition) is 3. The molecule has 5 nitrogen and oxygen atoms in total. The fourth-order valence-electron chi connectivity index (χ4n) is 2.67. The Labute approximate surface area is 128 Å². The molecule has 0 bridgehead atoms. The van der Waals surface area contributed by atoms with Crippen LogP contribution in [-0.4, -0.2) is 18.0 Å². The van der Waals surface area contributed by atoms with Crippen molar-refractivity contribution in [2.24, 2.45) is 5.73 Å². The molecule has 0 saturated carbocycles. The zero-order chi connectivity index (χ0) is 15.7. The van der Waals surface area contributed by atoms with Crippen molar-refractivity contribution in [3.8, 4) is 0 Å². The summed E-state index contributed by atoms with van der Waals surface area (Å²) in [7, 11) is 0. The molecule has 3 amide bonds. The summed E-state index contributed by atoms with van der Waals surface area (Å²) < 4.78 is 0. The molecule has 22 heavy (non-hydrogen) atoms. The third-order valence-electron chi connectivity index (χ3n) is 3.86. The first-order chi connectivity index (χ1) is 10.6. The Morgan fingerprint density at radius 2 is 1.64 bits per heavy atom. The van der Waals surface area contributed by atoms with Gasteiger partial charge in [-0.25, -0.2) is 9.69 Å². The Balaban J connectivity index is 1.95. The number of nitrogens with two attached hydrogens (primary N) is 1. The summed E-state index contributed by atoms with van der Waals surface area (Å²) in [5, 5.41) is 2.83. The predicted molar refractivity (Wildman–Crippen MR) is 84.4 cm³/mol. The molecule has 0 aromatic heterocycles. The average molecular weight is 295 g/mol. The van der Waals surface area contributed by atoms with Crippen LogP contribution < -0.4 is 16.0 Å². The van der Waals surface area contributed by atoms with Crippen LogP contribution in [0.4, 0.5) is 10.5 Å². The number of para-hydroxylation sites is 1. The standard InChI is InChI=1S/C17H17N3O2/c1-11-7-5-6-10-13(11)20-16(21)14(18)15(19-17(20)22)12-8-3-2-4-9-12/h2-10,14-15H,18H2,1H3,(H,19,22)/t14-,15-/m1/s1. The topological polar surface area (TPSA) is 75.4 Å². The van der Waals surface area contributed by atoms with E-state index < -0.39 is 24.0 Å². The first kappa shape index (κ1) is 14.3. The number of benzene rings is 2. The number of nitrogens with zero attached hydrogens (tertiary/aromatic N) is 1. The maximum Gasteiger partial charge on any atom is 0.329 e. The van der Waals surface area contributed by atoms with Crippen LogP contribution in [0.25, 0.3) is 0 Å². The zero-order valence-electron chi connectivity index (χ0n) is 12.2. The third-order valence-corrected chi connectivity index (χ3v) is 3.86. The maximum atomic E-state index is 12.6. The molecular formula is C17H17N3O2. The number of aryl methyl sites for hydroxylation is 1. The second-order valence-corrected chi connectivity index (χ2v) is 5.32. The number of imide groups is 1. The van der Waals surface area contributed by atoms with Crippen LogP contribution in [0.1, 0.15) is 17.2 Å². The molecule has 1 aliphatic heterocycles. The van der Waals surface area contributed by atoms with E-state index in [1.165, 1.54) is 0 Å². The summed E-state index contributed by atoms with van der Waals surface area (Å²) in [4.78, 5) is 26.2. The van der Waals surface area contributed by atoms with Crippen LogP contribution in [0.15, 0.2) is 54.6 Å². The summed E-state index contributed by atoms with van der Waals surface area (Å²) in [5.41, 5.74) is 8.31. The molecule has 2 aromatic carbocycles. The summed E-state index contributed by atoms with van der Waals surface area (Å²) in [6, 6.07) is 14.7. The van der Waals surface area contributed by atoms with Gasteiger partial charge in [-0.1, -0.05) is 48.5 Å². The minimum Gasteiger partial charge on any atom is -0.328 e. The molecule has 0 spiro atoms. The lowest BCUT2D eigenvalue weighted by Gasteiger charge is -2.36. The van der Waals surface area contributed by atoms with Gasteiger partial charge in [-0.05, 0) is 24.1 Å². The summed E-state index contributed by atoms with van der Waals surface area (Å²) in [6.45, 7) is 1.85. The Kier molecular flexibility index (Phi) is 3.65. The van der Waals surface area contributed by atoms with Gasteiger partial charge in [0, 0.05) is 0 Å². The fourth-order valence-corrected chi connectivity index (χ4v) is 2.67. The summed E-state index contributed by atoms with van der Waals surface area (Å²) in [5.74, 6) is -0.396. The number of amides is 3. The molecule has 1 aliphatic rings. The van der Waals surface area contributed by atoms with Gasteiger partial charge in [0.05, 0.1) is 11.7 Å². The highest BCUT2D eigenvalue weighted by Gasteiger charge is 2.40. The minimum absolute atomic E-state index is 0.396. The van der Waals surface area contributed by atoms with Crippen molar-refractivity contribution < 1.29 is 9.59 Å². The Morgan fingerprint density at radius 1 is 1.00 bits per heavy atom. The van der Waals surface area contributed by atoms with Gasteiger partial charge in [0.1, 0.15) is 6.04 Å². The number of carbonyl (C=O) groups excluding carboxylic acids is 2. The van der Waals surface area contributed by atoms with E-state index in [1.54, 1.807) is 12.1 Å². The third kappa shape index (κ3) is 2.35. The van der Waals surface area contributed by atoms with E-state index in [1.807, 2.05) is 49.4 Å². The summed E-state index contributed by atoms with van der Waals surface area (Å²) >= 11 is 0. The highest BCUT2D eigenvalue weighted by Crippen LogP contribution is 2.27. The quantitative estimate of drug-likeness (QED) is 0.891. The van der Waals surface area contributed by atoms with E-state index in [9.17, 15) is 9.59 Å². The maximum absolute atomic E-state index is 12.6. The van der Waals surface area contributed by atoms with Crippen molar-refractivity contribution >= 4 is 17.6 Å². The molecule has 0 radical (unpaired) electrons. The Morgan fingerprint density at radius 3 is 2.32 bits per heavy atom. The highest BCUT2D eigenvalue weighted by atomic mass is 16.2. The molecule has 1 saturated heterocycles. The van der Waals surface area contributed by atoms with Crippen LogP contribution in [-0.2, 0) is 4.79 Å². The number of urea groups is 1. The van der Waals surface area contributed by atoms with Gasteiger partial charge in [-0.2, -0.15) is 0 Å². The molecule has 2 atom stereocenters. The average Bonchev–Trinajstić information content (AvgIpc) is 2.53. The molecule has 3 rings (SSSR count).